The number of anilines is 1. The summed E-state index contributed by atoms with van der Waals surface area (Å²) >= 11 is 1.39. The number of carbonyl (C=O) groups is 1. The van der Waals surface area contributed by atoms with Crippen LogP contribution in [0.4, 0.5) is 5.13 Å². The second kappa shape index (κ2) is 5.43. The van der Waals surface area contributed by atoms with Crippen molar-refractivity contribution in [2.24, 2.45) is 0 Å². The van der Waals surface area contributed by atoms with Crippen LogP contribution in [0.5, 0.6) is 0 Å². The molecule has 1 N–H and O–H groups in total. The summed E-state index contributed by atoms with van der Waals surface area (Å²) in [7, 11) is 0. The van der Waals surface area contributed by atoms with Gasteiger partial charge in [-0.1, -0.05) is 30.3 Å². The smallest absolute Gasteiger partial charge is 0.248 e. The van der Waals surface area contributed by atoms with Crippen LogP contribution in [-0.2, 0) is 4.79 Å². The number of nitrogens with zero attached hydrogens (tertiary/aromatic N) is 2. The molecule has 0 radical (unpaired) electrons. The van der Waals surface area contributed by atoms with Crippen LogP contribution in [0.2, 0.25) is 0 Å². The van der Waals surface area contributed by atoms with Crippen LogP contribution in [0.25, 0.3) is 0 Å². The van der Waals surface area contributed by atoms with Gasteiger partial charge in [-0.2, -0.15) is 5.26 Å². The van der Waals surface area contributed by atoms with Crippen molar-refractivity contribution in [1.82, 2.24) is 4.98 Å². The van der Waals surface area contributed by atoms with Gasteiger partial charge >= 0.3 is 0 Å². The van der Waals surface area contributed by atoms with Gasteiger partial charge in [-0.05, 0) is 12.5 Å². The molecule has 0 fully saturated rings. The summed E-state index contributed by atoms with van der Waals surface area (Å²) in [6.07, 6.45) is 1.68. The lowest BCUT2D eigenvalue weighted by atomic mass is 10.0. The molecule has 1 atom stereocenters. The predicted molar refractivity (Wildman–Crippen MR) is 70.3 cm³/mol. The number of aryl methyl sites for hydroxylation is 1. The summed E-state index contributed by atoms with van der Waals surface area (Å²) in [5.74, 6) is -1.16. The first-order chi connectivity index (χ1) is 8.70. The SMILES string of the molecule is Cc1cnc(NC(=O)C(C#N)c2ccccc2)s1. The van der Waals surface area contributed by atoms with E-state index in [9.17, 15) is 4.79 Å². The molecule has 1 aromatic heterocycles. The van der Waals surface area contributed by atoms with Crippen LogP contribution in [0.3, 0.4) is 0 Å². The molecule has 2 rings (SSSR count). The van der Waals surface area contributed by atoms with E-state index in [1.807, 2.05) is 19.1 Å². The first-order valence-corrected chi connectivity index (χ1v) is 6.20. The molecular formula is C13H11N3OS. The minimum absolute atomic E-state index is 0.349. The number of hydrogen-bond acceptors (Lipinski definition) is 4. The Morgan fingerprint density at radius 1 is 1.44 bits per heavy atom. The zero-order valence-electron chi connectivity index (χ0n) is 9.75. The number of aromatic nitrogens is 1. The third-order valence-corrected chi connectivity index (χ3v) is 3.20. The molecule has 0 saturated carbocycles. The van der Waals surface area contributed by atoms with Gasteiger partial charge in [0.1, 0.15) is 0 Å². The summed E-state index contributed by atoms with van der Waals surface area (Å²) in [5, 5.41) is 12.3. The first-order valence-electron chi connectivity index (χ1n) is 5.38. The Kier molecular flexibility index (Phi) is 3.70. The van der Waals surface area contributed by atoms with Gasteiger partial charge in [0, 0.05) is 11.1 Å². The Morgan fingerprint density at radius 3 is 2.72 bits per heavy atom. The van der Waals surface area contributed by atoms with Gasteiger partial charge in [0.15, 0.2) is 11.0 Å². The zero-order valence-corrected chi connectivity index (χ0v) is 10.6. The van der Waals surface area contributed by atoms with E-state index in [2.05, 4.69) is 10.3 Å². The number of benzene rings is 1. The second-order valence-corrected chi connectivity index (χ2v) is 4.97. The highest BCUT2D eigenvalue weighted by atomic mass is 32.1. The molecule has 1 unspecified atom stereocenters. The maximum absolute atomic E-state index is 12.0. The molecular weight excluding hydrogens is 246 g/mol. The lowest BCUT2D eigenvalue weighted by Gasteiger charge is -2.08. The number of rotatable bonds is 3. The second-order valence-electron chi connectivity index (χ2n) is 3.74. The lowest BCUT2D eigenvalue weighted by molar-refractivity contribution is -0.116. The van der Waals surface area contributed by atoms with Crippen LogP contribution in [0, 0.1) is 18.3 Å². The lowest BCUT2D eigenvalue weighted by Crippen LogP contribution is -2.19. The molecule has 1 heterocycles. The Bertz CT molecular complexity index is 586. The average Bonchev–Trinajstić information content (AvgIpc) is 2.77. The van der Waals surface area contributed by atoms with Crippen LogP contribution in [-0.4, -0.2) is 10.9 Å². The molecule has 2 aromatic rings. The molecule has 0 spiro atoms. The Hall–Kier alpha value is -2.19. The van der Waals surface area contributed by atoms with Crippen molar-refractivity contribution < 1.29 is 4.79 Å². The van der Waals surface area contributed by atoms with Crippen LogP contribution in [0.1, 0.15) is 16.4 Å². The first kappa shape index (κ1) is 12.3. The fourth-order valence-electron chi connectivity index (χ4n) is 1.52. The topological polar surface area (TPSA) is 65.8 Å². The third kappa shape index (κ3) is 2.73. The van der Waals surface area contributed by atoms with E-state index in [-0.39, 0.29) is 5.91 Å². The quantitative estimate of drug-likeness (QED) is 0.919. The molecule has 1 aromatic carbocycles. The molecule has 0 bridgehead atoms. The summed E-state index contributed by atoms with van der Waals surface area (Å²) in [5.41, 5.74) is 0.686. The van der Waals surface area contributed by atoms with E-state index >= 15 is 0 Å². The molecule has 4 nitrogen and oxygen atoms in total. The number of thiazole rings is 1. The Labute approximate surface area is 109 Å². The van der Waals surface area contributed by atoms with Crippen LogP contribution >= 0.6 is 11.3 Å². The number of nitrogens with one attached hydrogen (secondary N) is 1. The van der Waals surface area contributed by atoms with Gasteiger partial charge in [0.25, 0.3) is 0 Å². The summed E-state index contributed by atoms with van der Waals surface area (Å²) in [6, 6.07) is 11.0. The number of amides is 1. The van der Waals surface area contributed by atoms with Gasteiger partial charge in [-0.3, -0.25) is 4.79 Å². The standard InChI is InChI=1S/C13H11N3OS/c1-9-8-15-13(18-9)16-12(17)11(7-14)10-5-3-2-4-6-10/h2-6,8,11H,1H3,(H,15,16,17). The van der Waals surface area contributed by atoms with Crippen molar-refractivity contribution in [3.63, 3.8) is 0 Å². The molecule has 0 aliphatic rings. The Balaban J connectivity index is 2.15. The molecule has 18 heavy (non-hydrogen) atoms. The normalized spacial score (nSPS) is 11.6. The number of nitriles is 1. The minimum atomic E-state index is -0.810. The van der Waals surface area contributed by atoms with Crippen LogP contribution < -0.4 is 5.32 Å². The molecule has 90 valence electrons. The maximum Gasteiger partial charge on any atom is 0.248 e. The van der Waals surface area contributed by atoms with Crippen molar-refractivity contribution in [1.29, 1.82) is 5.26 Å². The van der Waals surface area contributed by atoms with Crippen molar-refractivity contribution in [3.05, 3.63) is 47.0 Å². The van der Waals surface area contributed by atoms with E-state index in [4.69, 9.17) is 5.26 Å². The van der Waals surface area contributed by atoms with Gasteiger partial charge in [0.05, 0.1) is 6.07 Å². The summed E-state index contributed by atoms with van der Waals surface area (Å²) < 4.78 is 0. The van der Waals surface area contributed by atoms with Crippen LogP contribution in [0.15, 0.2) is 36.5 Å². The molecule has 5 heteroatoms. The zero-order chi connectivity index (χ0) is 13.0. The third-order valence-electron chi connectivity index (χ3n) is 2.38. The van der Waals surface area contributed by atoms with E-state index < -0.39 is 5.92 Å². The van der Waals surface area contributed by atoms with Crippen molar-refractivity contribution in [2.45, 2.75) is 12.8 Å². The minimum Gasteiger partial charge on any atom is -0.301 e. The van der Waals surface area contributed by atoms with E-state index in [0.29, 0.717) is 10.7 Å². The van der Waals surface area contributed by atoms with Gasteiger partial charge in [0.2, 0.25) is 5.91 Å². The highest BCUT2D eigenvalue weighted by molar-refractivity contribution is 7.15. The maximum atomic E-state index is 12.0. The molecule has 0 saturated heterocycles. The molecule has 1 amide bonds. The van der Waals surface area contributed by atoms with E-state index in [0.717, 1.165) is 4.88 Å². The fraction of sp³-hybridized carbons (Fsp3) is 0.154. The average molecular weight is 257 g/mol. The van der Waals surface area contributed by atoms with E-state index in [1.54, 1.807) is 30.5 Å². The van der Waals surface area contributed by atoms with Crippen molar-refractivity contribution >= 4 is 22.4 Å². The number of hydrogen-bond donors (Lipinski definition) is 1. The number of carbonyl (C=O) groups excluding carboxylic acids is 1. The predicted octanol–water partition coefficient (Wildman–Crippen LogP) is 2.70. The van der Waals surface area contributed by atoms with Gasteiger partial charge < -0.3 is 5.32 Å². The van der Waals surface area contributed by atoms with Gasteiger partial charge in [-0.25, -0.2) is 4.98 Å². The van der Waals surface area contributed by atoms with E-state index in [1.165, 1.54) is 11.3 Å². The monoisotopic (exact) mass is 257 g/mol. The summed E-state index contributed by atoms with van der Waals surface area (Å²) in [4.78, 5) is 17.0. The largest absolute Gasteiger partial charge is 0.301 e. The highest BCUT2D eigenvalue weighted by Gasteiger charge is 2.20. The molecule has 0 aliphatic carbocycles. The Morgan fingerprint density at radius 2 is 2.17 bits per heavy atom. The summed E-state index contributed by atoms with van der Waals surface area (Å²) in [6.45, 7) is 1.91. The van der Waals surface area contributed by atoms with Crippen molar-refractivity contribution in [3.8, 4) is 6.07 Å². The highest BCUT2D eigenvalue weighted by Crippen LogP contribution is 2.20. The van der Waals surface area contributed by atoms with Gasteiger partial charge in [-0.15, -0.1) is 11.3 Å². The fourth-order valence-corrected chi connectivity index (χ4v) is 2.19. The van der Waals surface area contributed by atoms with Crippen molar-refractivity contribution in [2.75, 3.05) is 5.32 Å². The molecule has 0 aliphatic heterocycles.